The summed E-state index contributed by atoms with van der Waals surface area (Å²) in [5, 5.41) is 4.80. The van der Waals surface area contributed by atoms with Gasteiger partial charge >= 0.3 is 5.97 Å². The van der Waals surface area contributed by atoms with Crippen molar-refractivity contribution in [3.05, 3.63) is 107 Å². The number of hydrogen-bond donors (Lipinski definition) is 1. The van der Waals surface area contributed by atoms with Gasteiger partial charge in [0, 0.05) is 36.9 Å². The molecule has 4 aromatic rings. The first-order valence-corrected chi connectivity index (χ1v) is 14.6. The van der Waals surface area contributed by atoms with Crippen LogP contribution >= 0.6 is 23.8 Å². The average molecular weight is 586 g/mol. The number of benzene rings is 2. The number of carbonyl (C=O) groups excluding carboxylic acids is 1. The van der Waals surface area contributed by atoms with Gasteiger partial charge in [0.25, 0.3) is 0 Å². The Bertz CT molecular complexity index is 1570. The number of carbonyl (C=O) groups is 1. The summed E-state index contributed by atoms with van der Waals surface area (Å²) in [4.78, 5) is 21.9. The number of thiocarbonyl (C=S) groups is 1. The van der Waals surface area contributed by atoms with Crippen LogP contribution in [0.5, 0.6) is 0 Å². The molecule has 2 saturated heterocycles. The summed E-state index contributed by atoms with van der Waals surface area (Å²) in [5.74, 6) is 0.343. The number of nitrogens with zero attached hydrogens (tertiary/aromatic N) is 4. The van der Waals surface area contributed by atoms with Gasteiger partial charge in [0.15, 0.2) is 5.11 Å². The summed E-state index contributed by atoms with van der Waals surface area (Å²) < 4.78 is 7.12. The van der Waals surface area contributed by atoms with Gasteiger partial charge in [-0.05, 0) is 85.6 Å². The molecule has 0 aliphatic carbocycles. The molecule has 41 heavy (non-hydrogen) atoms. The number of pyridine rings is 1. The lowest BCUT2D eigenvalue weighted by atomic mass is 9.98. The lowest BCUT2D eigenvalue weighted by Gasteiger charge is -2.33. The molecule has 6 rings (SSSR count). The van der Waals surface area contributed by atoms with E-state index in [1.807, 2.05) is 59.3 Å². The number of aromatic nitrogens is 2. The highest BCUT2D eigenvalue weighted by molar-refractivity contribution is 7.80. The van der Waals surface area contributed by atoms with Crippen molar-refractivity contribution in [1.82, 2.24) is 14.9 Å². The van der Waals surface area contributed by atoms with Crippen LogP contribution in [0.3, 0.4) is 0 Å². The molecule has 0 unspecified atom stereocenters. The van der Waals surface area contributed by atoms with Crippen LogP contribution < -0.4 is 15.1 Å². The number of piperidine rings is 1. The largest absolute Gasteiger partial charge is 0.465 e. The monoisotopic (exact) mass is 585 g/mol. The predicted molar refractivity (Wildman–Crippen MR) is 167 cm³/mol. The van der Waals surface area contributed by atoms with Gasteiger partial charge in [0.05, 0.1) is 40.8 Å². The van der Waals surface area contributed by atoms with Crippen LogP contribution in [-0.4, -0.2) is 40.8 Å². The summed E-state index contributed by atoms with van der Waals surface area (Å²) in [7, 11) is 1.39. The molecule has 1 N–H and O–H groups in total. The molecule has 2 aliphatic heterocycles. The quantitative estimate of drug-likeness (QED) is 0.199. The van der Waals surface area contributed by atoms with E-state index in [0.29, 0.717) is 15.7 Å². The van der Waals surface area contributed by atoms with Gasteiger partial charge in [-0.3, -0.25) is 4.98 Å². The molecule has 210 valence electrons. The van der Waals surface area contributed by atoms with Crippen molar-refractivity contribution in [3.8, 4) is 5.69 Å². The van der Waals surface area contributed by atoms with E-state index in [2.05, 4.69) is 45.2 Å². The number of methoxy groups -OCH3 is 1. The van der Waals surface area contributed by atoms with E-state index in [1.165, 1.54) is 7.11 Å². The average Bonchev–Trinajstić information content (AvgIpc) is 3.62. The Morgan fingerprint density at radius 2 is 1.80 bits per heavy atom. The zero-order valence-electron chi connectivity index (χ0n) is 23.0. The Hall–Kier alpha value is -3.88. The lowest BCUT2D eigenvalue weighted by molar-refractivity contribution is 0.0600. The number of ether oxygens (including phenoxy) is 1. The van der Waals surface area contributed by atoms with Gasteiger partial charge < -0.3 is 24.4 Å². The Balaban J connectivity index is 1.45. The molecule has 2 aliphatic rings. The minimum absolute atomic E-state index is 0.246. The van der Waals surface area contributed by atoms with Gasteiger partial charge in [0.1, 0.15) is 6.04 Å². The topological polar surface area (TPSA) is 62.6 Å². The molecule has 2 atom stereocenters. The Morgan fingerprint density at radius 3 is 2.54 bits per heavy atom. The fraction of sp³-hybridized carbons (Fsp3) is 0.281. The summed E-state index contributed by atoms with van der Waals surface area (Å²) in [6.45, 7) is 4.31. The number of rotatable bonds is 6. The third-order valence-corrected chi connectivity index (χ3v) is 8.70. The smallest absolute Gasteiger partial charge is 0.339 e. The van der Waals surface area contributed by atoms with Crippen LogP contribution in [0.2, 0.25) is 5.02 Å². The fourth-order valence-corrected chi connectivity index (χ4v) is 6.55. The Labute approximate surface area is 250 Å². The second-order valence-corrected chi connectivity index (χ2v) is 11.4. The van der Waals surface area contributed by atoms with Gasteiger partial charge in [-0.1, -0.05) is 36.7 Å². The van der Waals surface area contributed by atoms with Crippen molar-refractivity contribution < 1.29 is 9.53 Å². The second kappa shape index (κ2) is 11.5. The summed E-state index contributed by atoms with van der Waals surface area (Å²) in [5.41, 5.74) is 4.94. The molecular weight excluding hydrogens is 554 g/mol. The number of hydrogen-bond acceptors (Lipinski definition) is 5. The Morgan fingerprint density at radius 1 is 1.02 bits per heavy atom. The van der Waals surface area contributed by atoms with Crippen molar-refractivity contribution in [1.29, 1.82) is 0 Å². The molecular formula is C32H32ClN5O2S. The van der Waals surface area contributed by atoms with E-state index in [0.717, 1.165) is 60.3 Å². The molecule has 7 nitrogen and oxygen atoms in total. The van der Waals surface area contributed by atoms with Gasteiger partial charge in [-0.15, -0.1) is 0 Å². The highest BCUT2D eigenvalue weighted by Gasteiger charge is 2.42. The molecule has 2 aromatic carbocycles. The third kappa shape index (κ3) is 5.18. The maximum Gasteiger partial charge on any atom is 0.339 e. The van der Waals surface area contributed by atoms with Crippen LogP contribution in [0, 0.1) is 5.92 Å². The molecule has 0 spiro atoms. The van der Waals surface area contributed by atoms with Crippen molar-refractivity contribution >= 4 is 46.3 Å². The first-order chi connectivity index (χ1) is 20.0. The number of esters is 1. The van der Waals surface area contributed by atoms with E-state index in [-0.39, 0.29) is 12.1 Å². The van der Waals surface area contributed by atoms with Crippen LogP contribution in [0.15, 0.2) is 85.2 Å². The van der Waals surface area contributed by atoms with Crippen LogP contribution in [0.25, 0.3) is 5.69 Å². The van der Waals surface area contributed by atoms with E-state index in [1.54, 1.807) is 12.3 Å². The minimum atomic E-state index is -0.395. The zero-order chi connectivity index (χ0) is 28.5. The lowest BCUT2D eigenvalue weighted by Crippen LogP contribution is -2.33. The van der Waals surface area contributed by atoms with E-state index in [9.17, 15) is 4.79 Å². The van der Waals surface area contributed by atoms with Crippen LogP contribution in [-0.2, 0) is 4.74 Å². The third-order valence-electron chi connectivity index (χ3n) is 8.08. The van der Waals surface area contributed by atoms with Crippen molar-refractivity contribution in [3.63, 3.8) is 0 Å². The molecule has 2 aromatic heterocycles. The van der Waals surface area contributed by atoms with E-state index >= 15 is 0 Å². The van der Waals surface area contributed by atoms with E-state index < -0.39 is 5.97 Å². The summed E-state index contributed by atoms with van der Waals surface area (Å²) in [6.07, 6.45) is 6.07. The molecule has 2 fully saturated rings. The number of halogens is 1. The van der Waals surface area contributed by atoms with Gasteiger partial charge in [0.2, 0.25) is 0 Å². The molecule has 0 amide bonds. The molecule has 0 radical (unpaired) electrons. The van der Waals surface area contributed by atoms with Crippen LogP contribution in [0.4, 0.5) is 11.4 Å². The minimum Gasteiger partial charge on any atom is -0.465 e. The van der Waals surface area contributed by atoms with Crippen LogP contribution in [0.1, 0.15) is 53.6 Å². The summed E-state index contributed by atoms with van der Waals surface area (Å²) >= 11 is 12.9. The van der Waals surface area contributed by atoms with Crippen molar-refractivity contribution in [2.45, 2.75) is 31.8 Å². The highest BCUT2D eigenvalue weighted by atomic mass is 35.5. The summed E-state index contributed by atoms with van der Waals surface area (Å²) in [6, 6.07) is 23.0. The number of anilines is 2. The molecule has 4 heterocycles. The molecule has 9 heteroatoms. The highest BCUT2D eigenvalue weighted by Crippen LogP contribution is 2.44. The zero-order valence-corrected chi connectivity index (χ0v) is 24.6. The number of para-hydroxylation sites is 1. The normalized spacial score (nSPS) is 19.3. The molecule has 0 bridgehead atoms. The SMILES string of the molecule is COC(=O)c1ccccc1-n1cccc1[C@@H]1[C@H](c2ccccn2)NC(=S)N1c1ccc(N2CCC(C)CC2)c(Cl)c1. The fourth-order valence-electron chi connectivity index (χ4n) is 5.91. The standard InChI is InChI=1S/C32H32ClN5O2S/c1-21-14-18-36(19-15-21)27-13-12-22(20-24(27)33)38-30(29(35-32(38)41)25-9-5-6-16-34-25)28-11-7-17-37(28)26-10-4-3-8-23(26)31(39)40-2/h3-13,16-17,20-21,29-30H,14-15,18-19H2,1-2H3,(H,35,41)/t29-,30+/m0/s1. The number of nitrogens with one attached hydrogen (secondary N) is 1. The van der Waals surface area contributed by atoms with Gasteiger partial charge in [-0.2, -0.15) is 0 Å². The maximum absolute atomic E-state index is 12.7. The first kappa shape index (κ1) is 27.3. The maximum atomic E-state index is 12.7. The first-order valence-electron chi connectivity index (χ1n) is 13.9. The van der Waals surface area contributed by atoms with Crippen molar-refractivity contribution in [2.24, 2.45) is 5.92 Å². The van der Waals surface area contributed by atoms with Gasteiger partial charge in [-0.25, -0.2) is 4.79 Å². The molecule has 0 saturated carbocycles. The Kier molecular flexibility index (Phi) is 7.69. The van der Waals surface area contributed by atoms with Crippen molar-refractivity contribution in [2.75, 3.05) is 30.0 Å². The second-order valence-electron chi connectivity index (χ2n) is 10.6. The predicted octanol–water partition coefficient (Wildman–Crippen LogP) is 6.73. The van der Waals surface area contributed by atoms with E-state index in [4.69, 9.17) is 28.6 Å².